The Morgan fingerprint density at radius 1 is 1.06 bits per heavy atom. The van der Waals surface area contributed by atoms with Crippen LogP contribution >= 0.6 is 11.3 Å². The Balaban J connectivity index is 1.31. The first kappa shape index (κ1) is 21.3. The molecule has 1 aromatic carbocycles. The zero-order valence-electron chi connectivity index (χ0n) is 19.3. The van der Waals surface area contributed by atoms with Gasteiger partial charge in [0.2, 0.25) is 0 Å². The second-order valence-electron chi connectivity index (χ2n) is 9.13. The largest absolute Gasteiger partial charge is 0.335 e. The predicted octanol–water partition coefficient (Wildman–Crippen LogP) is 6.03. The zero-order valence-corrected chi connectivity index (χ0v) is 20.1. The number of thiophene rings is 1. The molecule has 1 aliphatic heterocycles. The Hall–Kier alpha value is -3.95. The van der Waals surface area contributed by atoms with E-state index in [1.165, 1.54) is 18.9 Å². The summed E-state index contributed by atoms with van der Waals surface area (Å²) in [5.74, 6) is 0.273. The number of imidazole rings is 1. The van der Waals surface area contributed by atoms with Gasteiger partial charge < -0.3 is 4.98 Å². The summed E-state index contributed by atoms with van der Waals surface area (Å²) < 4.78 is 15.2. The maximum absolute atomic E-state index is 15.2. The predicted molar refractivity (Wildman–Crippen MR) is 140 cm³/mol. The SMILES string of the molecule is Fc1cc2[nH]nc(-c3nc4nccc(-c5cccs5)c4[nH]3)c2cc1-c1cncc(CN2CCCC2)c1. The number of hydrogen-bond acceptors (Lipinski definition) is 6. The molecule has 0 spiro atoms. The molecular weight excluding hydrogens is 473 g/mol. The Bertz CT molecular complexity index is 1700. The number of aromatic nitrogens is 6. The third-order valence-electron chi connectivity index (χ3n) is 6.76. The van der Waals surface area contributed by atoms with Crippen LogP contribution in [0.25, 0.3) is 55.2 Å². The molecule has 0 aliphatic carbocycles. The maximum Gasteiger partial charge on any atom is 0.178 e. The summed E-state index contributed by atoms with van der Waals surface area (Å²) in [7, 11) is 0. The molecule has 6 heterocycles. The Morgan fingerprint density at radius 3 is 2.83 bits per heavy atom. The molecule has 7 rings (SSSR count). The van der Waals surface area contributed by atoms with Crippen molar-refractivity contribution >= 4 is 33.4 Å². The molecule has 2 N–H and O–H groups in total. The van der Waals surface area contributed by atoms with Gasteiger partial charge in [-0.3, -0.25) is 15.0 Å². The summed E-state index contributed by atoms with van der Waals surface area (Å²) in [5.41, 5.74) is 6.09. The number of benzene rings is 1. The number of fused-ring (bicyclic) bond motifs is 2. The van der Waals surface area contributed by atoms with Gasteiger partial charge in [-0.1, -0.05) is 6.07 Å². The van der Waals surface area contributed by atoms with Crippen LogP contribution in [0.5, 0.6) is 0 Å². The summed E-state index contributed by atoms with van der Waals surface area (Å²) >= 11 is 1.66. The molecule has 1 saturated heterocycles. The van der Waals surface area contributed by atoms with E-state index in [9.17, 15) is 0 Å². The first-order valence-electron chi connectivity index (χ1n) is 12.0. The van der Waals surface area contributed by atoms with Gasteiger partial charge >= 0.3 is 0 Å². The number of nitrogens with zero attached hydrogens (tertiary/aromatic N) is 5. The number of nitrogens with one attached hydrogen (secondary N) is 2. The van der Waals surface area contributed by atoms with Crippen molar-refractivity contribution in [2.24, 2.45) is 0 Å². The van der Waals surface area contributed by atoms with Crippen LogP contribution < -0.4 is 0 Å². The third kappa shape index (κ3) is 3.68. The zero-order chi connectivity index (χ0) is 24.1. The van der Waals surface area contributed by atoms with Crippen molar-refractivity contribution < 1.29 is 4.39 Å². The van der Waals surface area contributed by atoms with E-state index in [-0.39, 0.29) is 5.82 Å². The summed E-state index contributed by atoms with van der Waals surface area (Å²) in [6, 6.07) is 11.4. The van der Waals surface area contributed by atoms with Gasteiger partial charge in [0.25, 0.3) is 0 Å². The highest BCUT2D eigenvalue weighted by atomic mass is 32.1. The van der Waals surface area contributed by atoms with E-state index in [2.05, 4.69) is 36.1 Å². The van der Waals surface area contributed by atoms with Gasteiger partial charge in [-0.25, -0.2) is 14.4 Å². The third-order valence-corrected chi connectivity index (χ3v) is 7.67. The Morgan fingerprint density at radius 2 is 1.97 bits per heavy atom. The van der Waals surface area contributed by atoms with E-state index in [4.69, 9.17) is 4.98 Å². The number of pyridine rings is 2. The fourth-order valence-corrected chi connectivity index (χ4v) is 5.78. The minimum Gasteiger partial charge on any atom is -0.335 e. The summed E-state index contributed by atoms with van der Waals surface area (Å²) in [5, 5.41) is 10.3. The number of rotatable bonds is 5. The number of likely N-dealkylation sites (tertiary alicyclic amines) is 1. The van der Waals surface area contributed by atoms with Crippen LogP contribution in [-0.2, 0) is 6.54 Å². The normalized spacial score (nSPS) is 14.4. The Kier molecular flexibility index (Phi) is 5.11. The average molecular weight is 496 g/mol. The van der Waals surface area contributed by atoms with Crippen LogP contribution in [0.4, 0.5) is 4.39 Å². The monoisotopic (exact) mass is 495 g/mol. The molecule has 9 heteroatoms. The lowest BCUT2D eigenvalue weighted by Gasteiger charge is -2.15. The topological polar surface area (TPSA) is 86.4 Å². The van der Waals surface area contributed by atoms with E-state index in [0.717, 1.165) is 52.1 Å². The molecule has 5 aromatic heterocycles. The van der Waals surface area contributed by atoms with Crippen LogP contribution in [0.3, 0.4) is 0 Å². The molecule has 0 amide bonds. The first-order valence-corrected chi connectivity index (χ1v) is 12.8. The van der Waals surface area contributed by atoms with E-state index in [0.29, 0.717) is 28.2 Å². The molecule has 0 saturated carbocycles. The number of H-pyrrole nitrogens is 2. The van der Waals surface area contributed by atoms with E-state index < -0.39 is 0 Å². The van der Waals surface area contributed by atoms with Crippen LogP contribution in [0.1, 0.15) is 18.4 Å². The quantitative estimate of drug-likeness (QED) is 0.305. The second kappa shape index (κ2) is 8.61. The molecule has 6 aromatic rings. The molecule has 0 unspecified atom stereocenters. The second-order valence-corrected chi connectivity index (χ2v) is 10.1. The van der Waals surface area contributed by atoms with Crippen molar-refractivity contribution in [1.29, 1.82) is 0 Å². The van der Waals surface area contributed by atoms with Gasteiger partial charge in [0.1, 0.15) is 11.5 Å². The van der Waals surface area contributed by atoms with E-state index >= 15 is 4.39 Å². The summed E-state index contributed by atoms with van der Waals surface area (Å²) in [4.78, 5) is 20.5. The highest BCUT2D eigenvalue weighted by Gasteiger charge is 2.19. The van der Waals surface area contributed by atoms with Crippen molar-refractivity contribution in [3.05, 3.63) is 71.7 Å². The fraction of sp³-hybridized carbons (Fsp3) is 0.185. The van der Waals surface area contributed by atoms with Gasteiger partial charge in [0.15, 0.2) is 11.5 Å². The van der Waals surface area contributed by atoms with E-state index in [1.807, 2.05) is 35.8 Å². The fourth-order valence-electron chi connectivity index (χ4n) is 5.02. The number of hydrogen-bond donors (Lipinski definition) is 2. The van der Waals surface area contributed by atoms with Gasteiger partial charge in [0, 0.05) is 58.2 Å². The van der Waals surface area contributed by atoms with Crippen molar-refractivity contribution in [2.45, 2.75) is 19.4 Å². The maximum atomic E-state index is 15.2. The summed E-state index contributed by atoms with van der Waals surface area (Å²) in [6.07, 6.45) is 7.81. The van der Waals surface area contributed by atoms with Gasteiger partial charge in [-0.2, -0.15) is 5.10 Å². The molecular formula is C27H22FN7S. The van der Waals surface area contributed by atoms with Crippen molar-refractivity contribution in [3.8, 4) is 33.1 Å². The van der Waals surface area contributed by atoms with Crippen LogP contribution in [0.2, 0.25) is 0 Å². The van der Waals surface area contributed by atoms with Crippen molar-refractivity contribution in [3.63, 3.8) is 0 Å². The smallest absolute Gasteiger partial charge is 0.178 e. The van der Waals surface area contributed by atoms with Gasteiger partial charge in [-0.15, -0.1) is 11.3 Å². The van der Waals surface area contributed by atoms with Crippen molar-refractivity contribution in [2.75, 3.05) is 13.1 Å². The van der Waals surface area contributed by atoms with Crippen LogP contribution in [0, 0.1) is 5.82 Å². The molecule has 0 radical (unpaired) electrons. The first-order chi connectivity index (χ1) is 17.7. The summed E-state index contributed by atoms with van der Waals surface area (Å²) in [6.45, 7) is 3.03. The number of halogens is 1. The minimum atomic E-state index is -0.316. The standard InChI is InChI=1S/C27H22FN7S/c28-21-12-22-20(11-19(21)17-10-16(13-29-14-17)15-35-7-1-2-8-35)25(34-33-22)27-31-24-18(23-4-3-9-36-23)5-6-30-26(24)32-27/h3-6,9-14H,1-2,7-8,15H2,(H,33,34)(H,30,31,32). The minimum absolute atomic E-state index is 0.316. The van der Waals surface area contributed by atoms with E-state index in [1.54, 1.807) is 23.7 Å². The van der Waals surface area contributed by atoms with Crippen LogP contribution in [-0.4, -0.2) is 48.1 Å². The lowest BCUT2D eigenvalue weighted by atomic mass is 10.0. The highest BCUT2D eigenvalue weighted by Crippen LogP contribution is 2.35. The van der Waals surface area contributed by atoms with Crippen LogP contribution in [0.15, 0.2) is 60.4 Å². The molecule has 0 bridgehead atoms. The van der Waals surface area contributed by atoms with Gasteiger partial charge in [-0.05, 0) is 61.1 Å². The molecule has 1 fully saturated rings. The lowest BCUT2D eigenvalue weighted by Crippen LogP contribution is -2.18. The highest BCUT2D eigenvalue weighted by molar-refractivity contribution is 7.13. The molecule has 7 nitrogen and oxygen atoms in total. The Labute approximate surface area is 210 Å². The average Bonchev–Trinajstić information content (AvgIpc) is 3.70. The lowest BCUT2D eigenvalue weighted by molar-refractivity contribution is 0.331. The number of aromatic amines is 2. The molecule has 0 atom stereocenters. The molecule has 178 valence electrons. The molecule has 1 aliphatic rings. The van der Waals surface area contributed by atoms with Crippen molar-refractivity contribution in [1.82, 2.24) is 35.0 Å². The molecule has 36 heavy (non-hydrogen) atoms. The van der Waals surface area contributed by atoms with Gasteiger partial charge in [0.05, 0.1) is 11.0 Å².